The van der Waals surface area contributed by atoms with Gasteiger partial charge in [0.15, 0.2) is 5.79 Å². The van der Waals surface area contributed by atoms with E-state index in [1.54, 1.807) is 6.92 Å². The van der Waals surface area contributed by atoms with Crippen LogP contribution in [-0.4, -0.2) is 34.9 Å². The average molecular weight is 306 g/mol. The lowest BCUT2D eigenvalue weighted by Crippen LogP contribution is -2.46. The number of carbonyl (C=O) groups excluding carboxylic acids is 2. The van der Waals surface area contributed by atoms with E-state index in [2.05, 4.69) is 6.92 Å². The molecule has 3 fully saturated rings. The second-order valence-corrected chi connectivity index (χ2v) is 7.82. The van der Waals surface area contributed by atoms with Gasteiger partial charge in [0.25, 0.3) is 0 Å². The maximum Gasteiger partial charge on any atom is 0.318 e. The minimum Gasteiger partial charge on any atom is -0.461 e. The Hall–Kier alpha value is -1.20. The second-order valence-electron chi connectivity index (χ2n) is 7.82. The molecule has 1 saturated carbocycles. The third-order valence-corrected chi connectivity index (χ3v) is 6.77. The first kappa shape index (κ1) is 14.4. The van der Waals surface area contributed by atoms with Crippen LogP contribution in [0.15, 0.2) is 11.6 Å². The molecule has 4 rings (SSSR count). The van der Waals surface area contributed by atoms with Crippen LogP contribution in [0.4, 0.5) is 0 Å². The van der Waals surface area contributed by atoms with Crippen molar-refractivity contribution in [2.75, 3.05) is 0 Å². The number of fused-ring (bicyclic) bond motifs is 2. The van der Waals surface area contributed by atoms with Crippen molar-refractivity contribution in [3.8, 4) is 0 Å². The average Bonchev–Trinajstić information content (AvgIpc) is 2.91. The van der Waals surface area contributed by atoms with Crippen molar-refractivity contribution in [1.29, 1.82) is 0 Å². The van der Waals surface area contributed by atoms with Gasteiger partial charge in [-0.05, 0) is 33.1 Å². The zero-order valence-corrected chi connectivity index (χ0v) is 13.4. The molecule has 0 aromatic rings. The lowest BCUT2D eigenvalue weighted by molar-refractivity contribution is -0.235. The normalized spacial score (nSPS) is 56.3. The van der Waals surface area contributed by atoms with E-state index in [0.29, 0.717) is 12.8 Å². The molecule has 5 nitrogen and oxygen atoms in total. The molecule has 2 aliphatic heterocycles. The summed E-state index contributed by atoms with van der Waals surface area (Å²) in [6, 6.07) is 0. The van der Waals surface area contributed by atoms with Crippen LogP contribution < -0.4 is 0 Å². The van der Waals surface area contributed by atoms with Gasteiger partial charge in [-0.2, -0.15) is 0 Å². The van der Waals surface area contributed by atoms with E-state index in [0.717, 1.165) is 5.57 Å². The van der Waals surface area contributed by atoms with Crippen molar-refractivity contribution < 1.29 is 24.2 Å². The number of hydrogen-bond donors (Lipinski definition) is 1. The quantitative estimate of drug-likeness (QED) is 0.543. The Labute approximate surface area is 129 Å². The summed E-state index contributed by atoms with van der Waals surface area (Å²) in [5, 5.41) is 10.8. The molecule has 7 atom stereocenters. The van der Waals surface area contributed by atoms with Crippen molar-refractivity contribution in [3.63, 3.8) is 0 Å². The number of esters is 1. The zero-order valence-electron chi connectivity index (χ0n) is 13.4. The van der Waals surface area contributed by atoms with Crippen molar-refractivity contribution in [1.82, 2.24) is 0 Å². The topological polar surface area (TPSA) is 72.8 Å². The minimum atomic E-state index is -1.62. The van der Waals surface area contributed by atoms with Gasteiger partial charge in [0.2, 0.25) is 0 Å². The molecule has 5 unspecified atom stereocenters. The molecule has 0 spiro atoms. The molecular formula is C17H22O5. The fraction of sp³-hybridized carbons (Fsp3) is 0.765. The molecule has 0 amide bonds. The minimum absolute atomic E-state index is 0.111. The molecule has 2 aliphatic carbocycles. The highest BCUT2D eigenvalue weighted by Crippen LogP contribution is 2.64. The second kappa shape index (κ2) is 3.82. The number of aliphatic hydroxyl groups is 1. The van der Waals surface area contributed by atoms with Crippen molar-refractivity contribution >= 4 is 11.8 Å². The van der Waals surface area contributed by atoms with Crippen LogP contribution in [-0.2, 0) is 19.1 Å². The number of ether oxygens (including phenoxy) is 2. The highest BCUT2D eigenvalue weighted by atomic mass is 16.7. The Bertz CT molecular complexity index is 621. The smallest absolute Gasteiger partial charge is 0.318 e. The molecule has 4 aliphatic rings. The first-order chi connectivity index (χ1) is 10.1. The van der Waals surface area contributed by atoms with E-state index < -0.39 is 28.7 Å². The van der Waals surface area contributed by atoms with Gasteiger partial charge in [0, 0.05) is 12.3 Å². The standard InChI is InChI=1S/C17H22O5/c1-8-7-10-12-13(15(2)9(8)5-6-11(15)18)22-17(4,20)16(12,3)14(19)21-10/h5,8,10,12-13,20H,6-7H2,1-4H3/t8?,10?,12?,13?,15-,16?,17-/m0/s1. The van der Waals surface area contributed by atoms with E-state index in [4.69, 9.17) is 9.47 Å². The monoisotopic (exact) mass is 306 g/mol. The van der Waals surface area contributed by atoms with Gasteiger partial charge >= 0.3 is 5.97 Å². The Kier molecular flexibility index (Phi) is 2.50. The number of hydrogen-bond acceptors (Lipinski definition) is 5. The SMILES string of the molecule is CC1CC2OC(=O)C3(C)C2C(O[C@]3(C)O)[C@]2(C)C(=O)CC=C12. The van der Waals surface area contributed by atoms with Crippen molar-refractivity contribution in [3.05, 3.63) is 11.6 Å². The predicted octanol–water partition coefficient (Wildman–Crippen LogP) is 1.59. The third kappa shape index (κ3) is 1.30. The number of allylic oxidation sites excluding steroid dienone is 1. The van der Waals surface area contributed by atoms with E-state index in [-0.39, 0.29) is 23.7 Å². The van der Waals surface area contributed by atoms with E-state index in [9.17, 15) is 14.7 Å². The summed E-state index contributed by atoms with van der Waals surface area (Å²) in [7, 11) is 0. The highest BCUT2D eigenvalue weighted by molar-refractivity contribution is 5.93. The van der Waals surface area contributed by atoms with E-state index in [1.165, 1.54) is 6.92 Å². The molecule has 120 valence electrons. The number of rotatable bonds is 0. The van der Waals surface area contributed by atoms with Crippen LogP contribution in [0.25, 0.3) is 0 Å². The molecule has 2 heterocycles. The Morgan fingerprint density at radius 3 is 2.64 bits per heavy atom. The molecule has 2 saturated heterocycles. The summed E-state index contributed by atoms with van der Waals surface area (Å²) in [6.07, 6.45) is 2.26. The Balaban J connectivity index is 1.93. The molecule has 22 heavy (non-hydrogen) atoms. The fourth-order valence-electron chi connectivity index (χ4n) is 5.25. The summed E-state index contributed by atoms with van der Waals surface area (Å²) < 4.78 is 11.6. The highest BCUT2D eigenvalue weighted by Gasteiger charge is 2.76. The number of carbonyl (C=O) groups is 2. The molecule has 0 bridgehead atoms. The molecule has 5 heteroatoms. The summed E-state index contributed by atoms with van der Waals surface area (Å²) >= 11 is 0. The first-order valence-corrected chi connectivity index (χ1v) is 7.99. The van der Waals surface area contributed by atoms with Gasteiger partial charge in [-0.25, -0.2) is 0 Å². The van der Waals surface area contributed by atoms with Gasteiger partial charge < -0.3 is 14.6 Å². The Morgan fingerprint density at radius 2 is 1.95 bits per heavy atom. The zero-order chi connectivity index (χ0) is 16.1. The summed E-state index contributed by atoms with van der Waals surface area (Å²) in [4.78, 5) is 25.1. The summed E-state index contributed by atoms with van der Waals surface area (Å²) in [5.41, 5.74) is -0.814. The lowest BCUT2D eigenvalue weighted by atomic mass is 9.65. The van der Waals surface area contributed by atoms with Crippen LogP contribution in [0.5, 0.6) is 0 Å². The van der Waals surface area contributed by atoms with Crippen molar-refractivity contribution in [2.45, 2.75) is 58.5 Å². The lowest BCUT2D eigenvalue weighted by Gasteiger charge is -2.35. The maximum absolute atomic E-state index is 12.7. The molecular weight excluding hydrogens is 284 g/mol. The van der Waals surface area contributed by atoms with Crippen LogP contribution in [0, 0.1) is 22.7 Å². The van der Waals surface area contributed by atoms with Gasteiger partial charge in [-0.3, -0.25) is 9.59 Å². The number of ketones is 1. The fourth-order valence-corrected chi connectivity index (χ4v) is 5.25. The van der Waals surface area contributed by atoms with Crippen LogP contribution >= 0.6 is 0 Å². The van der Waals surface area contributed by atoms with E-state index in [1.807, 2.05) is 13.0 Å². The van der Waals surface area contributed by atoms with Gasteiger partial charge in [0.1, 0.15) is 17.3 Å². The summed E-state index contributed by atoms with van der Waals surface area (Å²) in [5.74, 6) is -2.06. The van der Waals surface area contributed by atoms with E-state index >= 15 is 0 Å². The van der Waals surface area contributed by atoms with Gasteiger partial charge in [0.05, 0.1) is 11.5 Å². The number of Topliss-reactive ketones (excluding diaryl/α,β-unsaturated/α-hetero) is 1. The van der Waals surface area contributed by atoms with Gasteiger partial charge in [-0.1, -0.05) is 18.6 Å². The van der Waals surface area contributed by atoms with Crippen LogP contribution in [0.2, 0.25) is 0 Å². The van der Waals surface area contributed by atoms with Crippen LogP contribution in [0.3, 0.4) is 0 Å². The molecule has 0 radical (unpaired) electrons. The van der Waals surface area contributed by atoms with Crippen LogP contribution in [0.1, 0.15) is 40.5 Å². The Morgan fingerprint density at radius 1 is 1.27 bits per heavy atom. The molecule has 1 N–H and O–H groups in total. The molecule has 0 aromatic carbocycles. The predicted molar refractivity (Wildman–Crippen MR) is 76.6 cm³/mol. The van der Waals surface area contributed by atoms with Crippen molar-refractivity contribution in [2.24, 2.45) is 22.7 Å². The first-order valence-electron chi connectivity index (χ1n) is 7.99. The third-order valence-electron chi connectivity index (χ3n) is 6.77. The summed E-state index contributed by atoms with van der Waals surface area (Å²) in [6.45, 7) is 7.21. The largest absolute Gasteiger partial charge is 0.461 e. The molecule has 0 aromatic heterocycles. The maximum atomic E-state index is 12.7. The van der Waals surface area contributed by atoms with Gasteiger partial charge in [-0.15, -0.1) is 0 Å².